The Hall–Kier alpha value is -2.33. The molecule has 0 saturated heterocycles. The van der Waals surface area contributed by atoms with E-state index in [1.54, 1.807) is 6.07 Å². The van der Waals surface area contributed by atoms with Crippen LogP contribution in [0.2, 0.25) is 5.02 Å². The minimum absolute atomic E-state index is 0.00780. The van der Waals surface area contributed by atoms with Gasteiger partial charge in [-0.05, 0) is 32.9 Å². The fourth-order valence-corrected chi connectivity index (χ4v) is 3.72. The van der Waals surface area contributed by atoms with Crippen molar-refractivity contribution in [3.63, 3.8) is 0 Å². The molecule has 2 heterocycles. The van der Waals surface area contributed by atoms with Crippen molar-refractivity contribution in [2.45, 2.75) is 32.9 Å². The van der Waals surface area contributed by atoms with E-state index in [1.165, 1.54) is 23.5 Å². The molecule has 30 heavy (non-hydrogen) atoms. The Morgan fingerprint density at radius 2 is 1.93 bits per heavy atom. The molecule has 0 bridgehead atoms. The zero-order valence-corrected chi connectivity index (χ0v) is 18.3. The van der Waals surface area contributed by atoms with Crippen LogP contribution in [0.4, 0.5) is 4.39 Å². The highest BCUT2D eigenvalue weighted by atomic mass is 35.5. The first-order valence-corrected chi connectivity index (χ1v) is 10.4. The predicted octanol–water partition coefficient (Wildman–Crippen LogP) is 3.85. The van der Waals surface area contributed by atoms with E-state index in [4.69, 9.17) is 31.9 Å². The molecule has 7 nitrogen and oxygen atoms in total. The summed E-state index contributed by atoms with van der Waals surface area (Å²) in [7, 11) is 0. The molecule has 1 atom stereocenters. The summed E-state index contributed by atoms with van der Waals surface area (Å²) in [6, 6.07) is 5.67. The van der Waals surface area contributed by atoms with Gasteiger partial charge >= 0.3 is 0 Å². The Bertz CT molecular complexity index is 1030. The smallest absolute Gasteiger partial charge is 0.214 e. The molecule has 0 aliphatic heterocycles. The molecular weight excluding hydrogens is 431 g/mol. The second-order valence-electron chi connectivity index (χ2n) is 6.93. The highest BCUT2D eigenvalue weighted by molar-refractivity contribution is 7.18. The van der Waals surface area contributed by atoms with Gasteiger partial charge in [0.05, 0.1) is 23.8 Å². The van der Waals surface area contributed by atoms with E-state index in [9.17, 15) is 4.39 Å². The molecular formula is C20H22ClFN4O3S. The summed E-state index contributed by atoms with van der Waals surface area (Å²) in [6.07, 6.45) is -0.00780. The summed E-state index contributed by atoms with van der Waals surface area (Å²) in [6.45, 7) is 5.42. The minimum atomic E-state index is -0.609. The van der Waals surface area contributed by atoms with Gasteiger partial charge in [-0.15, -0.1) is 10.2 Å². The quantitative estimate of drug-likeness (QED) is 0.534. The third-order valence-electron chi connectivity index (χ3n) is 3.90. The molecule has 0 radical (unpaired) electrons. The first-order chi connectivity index (χ1) is 14.3. The zero-order chi connectivity index (χ0) is 21.8. The topological polar surface area (TPSA) is 103 Å². The number of halogens is 2. The van der Waals surface area contributed by atoms with Gasteiger partial charge in [-0.3, -0.25) is 0 Å². The van der Waals surface area contributed by atoms with E-state index in [1.807, 2.05) is 26.8 Å². The summed E-state index contributed by atoms with van der Waals surface area (Å²) in [4.78, 5) is 4.36. The second kappa shape index (κ2) is 9.65. The number of pyridine rings is 1. The average Bonchev–Trinajstić information content (AvgIpc) is 3.17. The molecule has 3 rings (SSSR count). The number of ether oxygens (including phenoxy) is 2. The first-order valence-electron chi connectivity index (χ1n) is 9.24. The molecule has 3 N–H and O–H groups in total. The van der Waals surface area contributed by atoms with Crippen LogP contribution in [0.5, 0.6) is 11.6 Å². The molecule has 0 saturated carbocycles. The summed E-state index contributed by atoms with van der Waals surface area (Å²) < 4.78 is 25.4. The van der Waals surface area contributed by atoms with Crippen LogP contribution >= 0.6 is 22.9 Å². The third kappa shape index (κ3) is 5.42. The maximum Gasteiger partial charge on any atom is 0.214 e. The van der Waals surface area contributed by atoms with E-state index in [0.29, 0.717) is 21.5 Å². The molecule has 10 heteroatoms. The summed E-state index contributed by atoms with van der Waals surface area (Å²) >= 11 is 7.61. The van der Waals surface area contributed by atoms with Crippen molar-refractivity contribution in [3.05, 3.63) is 40.8 Å². The van der Waals surface area contributed by atoms with Crippen LogP contribution in [0.25, 0.3) is 21.1 Å². The molecule has 3 aromatic rings. The second-order valence-corrected chi connectivity index (χ2v) is 8.32. The minimum Gasteiger partial charge on any atom is -0.489 e. The highest BCUT2D eigenvalue weighted by Crippen LogP contribution is 2.37. The van der Waals surface area contributed by atoms with Crippen LogP contribution in [-0.2, 0) is 0 Å². The van der Waals surface area contributed by atoms with Gasteiger partial charge in [0.25, 0.3) is 0 Å². The standard InChI is InChI=1S/C20H22ClFN4O3S/c1-10(2)29-18-5-12(4-11(3)24-18)19-25-26-20(30-19)14-6-16(22)17(7-15(14)21)28-9-13(23)8-27/h4-7,10,13,27H,8-9,23H2,1-3H3/t13-/m0/s1. The number of nitrogens with two attached hydrogens (primary N) is 1. The van der Waals surface area contributed by atoms with Gasteiger partial charge in [0.2, 0.25) is 5.88 Å². The van der Waals surface area contributed by atoms with Gasteiger partial charge in [0.1, 0.15) is 16.6 Å². The van der Waals surface area contributed by atoms with Crippen molar-refractivity contribution in [3.8, 4) is 32.8 Å². The van der Waals surface area contributed by atoms with Crippen molar-refractivity contribution in [1.82, 2.24) is 15.2 Å². The number of hydrogen-bond donors (Lipinski definition) is 2. The number of aromatic nitrogens is 3. The summed E-state index contributed by atoms with van der Waals surface area (Å²) in [5.74, 6) is -0.148. The monoisotopic (exact) mass is 452 g/mol. The van der Waals surface area contributed by atoms with E-state index in [2.05, 4.69) is 15.2 Å². The molecule has 0 spiro atoms. The summed E-state index contributed by atoms with van der Waals surface area (Å²) in [5, 5.41) is 18.7. The number of aryl methyl sites for hydroxylation is 1. The number of aliphatic hydroxyl groups excluding tert-OH is 1. The Kier molecular flexibility index (Phi) is 7.19. The molecule has 0 amide bonds. The largest absolute Gasteiger partial charge is 0.489 e. The molecule has 160 valence electrons. The lowest BCUT2D eigenvalue weighted by Gasteiger charge is -2.12. The predicted molar refractivity (Wildman–Crippen MR) is 115 cm³/mol. The van der Waals surface area contributed by atoms with Gasteiger partial charge in [0.15, 0.2) is 11.6 Å². The first kappa shape index (κ1) is 22.4. The number of benzene rings is 1. The number of hydrogen-bond acceptors (Lipinski definition) is 8. The Labute approximate surface area is 182 Å². The Morgan fingerprint density at radius 1 is 1.20 bits per heavy atom. The molecule has 0 unspecified atom stereocenters. The van der Waals surface area contributed by atoms with Crippen LogP contribution < -0.4 is 15.2 Å². The molecule has 0 fully saturated rings. The van der Waals surface area contributed by atoms with Gasteiger partial charge < -0.3 is 20.3 Å². The lowest BCUT2D eigenvalue weighted by atomic mass is 10.2. The van der Waals surface area contributed by atoms with Gasteiger partial charge in [0, 0.05) is 29.0 Å². The normalized spacial score (nSPS) is 12.3. The number of aliphatic hydroxyl groups is 1. The van der Waals surface area contributed by atoms with Crippen molar-refractivity contribution < 1.29 is 19.0 Å². The van der Waals surface area contributed by atoms with E-state index in [0.717, 1.165) is 11.3 Å². The van der Waals surface area contributed by atoms with Crippen molar-refractivity contribution in [2.75, 3.05) is 13.2 Å². The Morgan fingerprint density at radius 3 is 2.63 bits per heavy atom. The van der Waals surface area contributed by atoms with Crippen LogP contribution in [0.15, 0.2) is 24.3 Å². The van der Waals surface area contributed by atoms with Crippen molar-refractivity contribution in [1.29, 1.82) is 0 Å². The third-order valence-corrected chi connectivity index (χ3v) is 5.22. The van der Waals surface area contributed by atoms with Crippen molar-refractivity contribution in [2.24, 2.45) is 5.73 Å². The maximum absolute atomic E-state index is 14.5. The lowest BCUT2D eigenvalue weighted by Crippen LogP contribution is -2.31. The lowest BCUT2D eigenvalue weighted by molar-refractivity contribution is 0.202. The van der Waals surface area contributed by atoms with Crippen LogP contribution in [-0.4, -0.2) is 45.6 Å². The van der Waals surface area contributed by atoms with Crippen LogP contribution in [0.3, 0.4) is 0 Å². The fourth-order valence-electron chi connectivity index (χ4n) is 2.56. The molecule has 2 aromatic heterocycles. The van der Waals surface area contributed by atoms with E-state index >= 15 is 0 Å². The maximum atomic E-state index is 14.5. The SMILES string of the molecule is Cc1cc(-c2nnc(-c3cc(F)c(OC[C@@H](N)CO)cc3Cl)s2)cc(OC(C)C)n1. The zero-order valence-electron chi connectivity index (χ0n) is 16.7. The molecule has 0 aliphatic rings. The number of rotatable bonds is 8. The van der Waals surface area contributed by atoms with E-state index in [-0.39, 0.29) is 30.1 Å². The highest BCUT2D eigenvalue weighted by Gasteiger charge is 2.17. The van der Waals surface area contributed by atoms with Crippen molar-refractivity contribution >= 4 is 22.9 Å². The fraction of sp³-hybridized carbons (Fsp3) is 0.350. The van der Waals surface area contributed by atoms with Crippen LogP contribution in [0.1, 0.15) is 19.5 Å². The van der Waals surface area contributed by atoms with Gasteiger partial charge in [-0.1, -0.05) is 22.9 Å². The van der Waals surface area contributed by atoms with Gasteiger partial charge in [-0.25, -0.2) is 9.37 Å². The average molecular weight is 453 g/mol. The van der Waals surface area contributed by atoms with Gasteiger partial charge in [-0.2, -0.15) is 0 Å². The number of nitrogens with zero attached hydrogens (tertiary/aromatic N) is 3. The summed E-state index contributed by atoms with van der Waals surface area (Å²) in [5.41, 5.74) is 7.57. The van der Waals surface area contributed by atoms with Crippen LogP contribution in [0, 0.1) is 12.7 Å². The molecule has 1 aromatic carbocycles. The molecule has 0 aliphatic carbocycles. The van der Waals surface area contributed by atoms with E-state index < -0.39 is 11.9 Å². The Balaban J connectivity index is 1.87.